The highest BCUT2D eigenvalue weighted by Crippen LogP contribution is 1.79. The SMILES string of the molecule is Cl.ClCCBr. The Kier molecular flexibility index (Phi) is 16.8. The lowest BCUT2D eigenvalue weighted by molar-refractivity contribution is 1.57. The van der Waals surface area contributed by atoms with Crippen molar-refractivity contribution in [2.75, 3.05) is 11.2 Å². The van der Waals surface area contributed by atoms with Crippen molar-refractivity contribution >= 4 is 39.9 Å². The molecule has 0 heterocycles. The molecule has 0 aromatic carbocycles. The normalized spacial score (nSPS) is 6.00. The fraction of sp³-hybridized carbons (Fsp3) is 1.00. The van der Waals surface area contributed by atoms with E-state index in [1.165, 1.54) is 0 Å². The van der Waals surface area contributed by atoms with Gasteiger partial charge in [-0.2, -0.15) is 0 Å². The van der Waals surface area contributed by atoms with E-state index in [4.69, 9.17) is 11.6 Å². The summed E-state index contributed by atoms with van der Waals surface area (Å²) in [5, 5.41) is 0.897. The minimum Gasteiger partial charge on any atom is -0.147 e. The van der Waals surface area contributed by atoms with Crippen LogP contribution in [0.2, 0.25) is 0 Å². The Hall–Kier alpha value is 1.06. The molecular weight excluding hydrogens is 175 g/mol. The Morgan fingerprint density at radius 3 is 1.80 bits per heavy atom. The fourth-order valence-electron chi connectivity index (χ4n) is 0. The van der Waals surface area contributed by atoms with Crippen molar-refractivity contribution in [1.82, 2.24) is 0 Å². The summed E-state index contributed by atoms with van der Waals surface area (Å²) in [4.78, 5) is 0. The predicted molar refractivity (Wildman–Crippen MR) is 31.8 cm³/mol. The van der Waals surface area contributed by atoms with Crippen LogP contribution in [-0.2, 0) is 0 Å². The highest BCUT2D eigenvalue weighted by Gasteiger charge is 1.61. The lowest BCUT2D eigenvalue weighted by Gasteiger charge is -1.63. The van der Waals surface area contributed by atoms with Crippen LogP contribution < -0.4 is 0 Å². The zero-order valence-corrected chi connectivity index (χ0v) is 5.74. The highest BCUT2D eigenvalue weighted by molar-refractivity contribution is 9.09. The van der Waals surface area contributed by atoms with Crippen LogP contribution in [0.1, 0.15) is 0 Å². The van der Waals surface area contributed by atoms with E-state index in [0.717, 1.165) is 5.33 Å². The van der Waals surface area contributed by atoms with Gasteiger partial charge in [0.25, 0.3) is 0 Å². The third-order valence-corrected chi connectivity index (χ3v) is 1.11. The van der Waals surface area contributed by atoms with Crippen molar-refractivity contribution in [2.45, 2.75) is 0 Å². The molecule has 0 aromatic heterocycles. The molecule has 0 amide bonds. The van der Waals surface area contributed by atoms with Gasteiger partial charge in [0.05, 0.1) is 0 Å². The average molecular weight is 180 g/mol. The molecule has 0 spiro atoms. The molecule has 0 atom stereocenters. The summed E-state index contributed by atoms with van der Waals surface area (Å²) in [7, 11) is 0. The van der Waals surface area contributed by atoms with Crippen LogP contribution in [-0.4, -0.2) is 11.2 Å². The molecule has 0 unspecified atom stereocenters. The van der Waals surface area contributed by atoms with Gasteiger partial charge in [-0.05, 0) is 0 Å². The fourth-order valence-corrected chi connectivity index (χ4v) is 0. The van der Waals surface area contributed by atoms with Crippen molar-refractivity contribution in [3.8, 4) is 0 Å². The van der Waals surface area contributed by atoms with E-state index in [1.807, 2.05) is 0 Å². The van der Waals surface area contributed by atoms with Gasteiger partial charge >= 0.3 is 0 Å². The zero-order chi connectivity index (χ0) is 3.41. The van der Waals surface area contributed by atoms with Crippen molar-refractivity contribution in [3.05, 3.63) is 0 Å². The lowest BCUT2D eigenvalue weighted by Crippen LogP contribution is -1.62. The molecule has 0 radical (unpaired) electrons. The van der Waals surface area contributed by atoms with Gasteiger partial charge in [0.1, 0.15) is 0 Å². The molecule has 5 heavy (non-hydrogen) atoms. The standard InChI is InChI=1S/C2H4BrCl.ClH/c3-1-2-4;/h1-2H2;1H. The quantitative estimate of drug-likeness (QED) is 0.541. The van der Waals surface area contributed by atoms with E-state index in [-0.39, 0.29) is 12.4 Å². The van der Waals surface area contributed by atoms with Gasteiger partial charge in [-0.3, -0.25) is 0 Å². The van der Waals surface area contributed by atoms with Crippen molar-refractivity contribution < 1.29 is 0 Å². The first-order valence-electron chi connectivity index (χ1n) is 1.03. The van der Waals surface area contributed by atoms with Gasteiger partial charge in [0.15, 0.2) is 0 Å². The maximum Gasteiger partial charge on any atom is 0.0320 e. The Morgan fingerprint density at radius 2 is 1.80 bits per heavy atom. The second-order valence-electron chi connectivity index (χ2n) is 0.378. The smallest absolute Gasteiger partial charge is 0.0320 e. The van der Waals surface area contributed by atoms with E-state index in [0.29, 0.717) is 5.88 Å². The van der Waals surface area contributed by atoms with Crippen LogP contribution in [0.4, 0.5) is 0 Å². The van der Waals surface area contributed by atoms with Gasteiger partial charge in [-0.1, -0.05) is 15.9 Å². The third kappa shape index (κ3) is 11.2. The lowest BCUT2D eigenvalue weighted by atomic mass is 11.0. The highest BCUT2D eigenvalue weighted by atomic mass is 79.9. The number of hydrogen-bond acceptors (Lipinski definition) is 0. The van der Waals surface area contributed by atoms with Gasteiger partial charge in [0, 0.05) is 11.2 Å². The number of halogens is 3. The largest absolute Gasteiger partial charge is 0.147 e. The molecule has 0 N–H and O–H groups in total. The maximum atomic E-state index is 5.14. The second-order valence-corrected chi connectivity index (χ2v) is 1.55. The Labute approximate surface area is 51.4 Å². The Balaban J connectivity index is 0. The van der Waals surface area contributed by atoms with E-state index in [9.17, 15) is 0 Å². The first-order valence-corrected chi connectivity index (χ1v) is 2.69. The zero-order valence-electron chi connectivity index (χ0n) is 2.58. The molecule has 0 saturated carbocycles. The monoisotopic (exact) mass is 178 g/mol. The molecule has 0 aromatic rings. The maximum absolute atomic E-state index is 5.14. The summed E-state index contributed by atoms with van der Waals surface area (Å²) >= 11 is 8.26. The van der Waals surface area contributed by atoms with E-state index in [2.05, 4.69) is 15.9 Å². The number of rotatable bonds is 1. The van der Waals surface area contributed by atoms with Gasteiger partial charge in [-0.15, -0.1) is 24.0 Å². The summed E-state index contributed by atoms with van der Waals surface area (Å²) in [6.45, 7) is 0. The van der Waals surface area contributed by atoms with Crippen molar-refractivity contribution in [1.29, 1.82) is 0 Å². The van der Waals surface area contributed by atoms with Gasteiger partial charge in [-0.25, -0.2) is 0 Å². The molecule has 0 saturated heterocycles. The summed E-state index contributed by atoms with van der Waals surface area (Å²) in [6.07, 6.45) is 0. The van der Waals surface area contributed by atoms with Crippen LogP contribution >= 0.6 is 39.9 Å². The molecule has 0 aliphatic heterocycles. The molecule has 0 aliphatic rings. The minimum absolute atomic E-state index is 0. The van der Waals surface area contributed by atoms with Crippen LogP contribution in [0.3, 0.4) is 0 Å². The first-order chi connectivity index (χ1) is 1.91. The molecule has 34 valence electrons. The third-order valence-electron chi connectivity index (χ3n) is 0.0714. The van der Waals surface area contributed by atoms with Crippen molar-refractivity contribution in [2.24, 2.45) is 0 Å². The van der Waals surface area contributed by atoms with E-state index < -0.39 is 0 Å². The molecule has 0 fully saturated rings. The summed E-state index contributed by atoms with van der Waals surface area (Å²) in [5.41, 5.74) is 0. The molecular formula is C2H5BrCl2. The van der Waals surface area contributed by atoms with Crippen molar-refractivity contribution in [3.63, 3.8) is 0 Å². The molecule has 0 rings (SSSR count). The van der Waals surface area contributed by atoms with Crippen LogP contribution in [0.15, 0.2) is 0 Å². The van der Waals surface area contributed by atoms with E-state index in [1.54, 1.807) is 0 Å². The predicted octanol–water partition coefficient (Wildman–Crippen LogP) is 2.04. The average Bonchev–Trinajstić information content (AvgIpc) is 1.37. The van der Waals surface area contributed by atoms with Gasteiger partial charge < -0.3 is 0 Å². The summed E-state index contributed by atoms with van der Waals surface area (Å²) in [6, 6.07) is 0. The molecule has 0 bridgehead atoms. The van der Waals surface area contributed by atoms with E-state index >= 15 is 0 Å². The molecule has 0 aliphatic carbocycles. The second kappa shape index (κ2) is 8.91. The first kappa shape index (κ1) is 9.41. The number of hydrogen-bond donors (Lipinski definition) is 0. The van der Waals surface area contributed by atoms with Crippen LogP contribution in [0.5, 0.6) is 0 Å². The Morgan fingerprint density at radius 1 is 1.60 bits per heavy atom. The summed E-state index contributed by atoms with van der Waals surface area (Å²) < 4.78 is 0. The topological polar surface area (TPSA) is 0 Å². The Bertz CT molecular complexity index is 9.61. The minimum atomic E-state index is 0. The molecule has 3 heteroatoms. The van der Waals surface area contributed by atoms with Crippen LogP contribution in [0, 0.1) is 0 Å². The number of alkyl halides is 2. The van der Waals surface area contributed by atoms with Gasteiger partial charge in [0.2, 0.25) is 0 Å². The summed E-state index contributed by atoms with van der Waals surface area (Å²) in [5.74, 6) is 0.708. The van der Waals surface area contributed by atoms with Crippen LogP contribution in [0.25, 0.3) is 0 Å². The molecule has 0 nitrogen and oxygen atoms in total.